The first-order chi connectivity index (χ1) is 9.72. The van der Waals surface area contributed by atoms with Crippen molar-refractivity contribution in [1.29, 1.82) is 0 Å². The summed E-state index contributed by atoms with van der Waals surface area (Å²) in [6.07, 6.45) is 7.02. The van der Waals surface area contributed by atoms with E-state index in [-0.39, 0.29) is 0 Å². The van der Waals surface area contributed by atoms with Gasteiger partial charge in [-0.25, -0.2) is 4.98 Å². The molecule has 1 aliphatic rings. The van der Waals surface area contributed by atoms with Gasteiger partial charge in [-0.2, -0.15) is 0 Å². The lowest BCUT2D eigenvalue weighted by atomic mass is 10.0. The van der Waals surface area contributed by atoms with Gasteiger partial charge < -0.3 is 10.2 Å². The smallest absolute Gasteiger partial charge is 0.133 e. The highest BCUT2D eigenvalue weighted by molar-refractivity contribution is 5.48. The molecule has 1 aromatic rings. The van der Waals surface area contributed by atoms with Gasteiger partial charge in [-0.15, -0.1) is 0 Å². The van der Waals surface area contributed by atoms with Crippen LogP contribution in [-0.2, 0) is 0 Å². The third kappa shape index (κ3) is 3.95. The van der Waals surface area contributed by atoms with E-state index in [1.165, 1.54) is 37.1 Å². The Balaban J connectivity index is 2.14. The van der Waals surface area contributed by atoms with Crippen LogP contribution in [0.15, 0.2) is 18.3 Å². The zero-order valence-corrected chi connectivity index (χ0v) is 13.2. The highest BCUT2D eigenvalue weighted by Crippen LogP contribution is 2.27. The molecule has 2 rings (SSSR count). The topological polar surface area (TPSA) is 28.2 Å². The van der Waals surface area contributed by atoms with Crippen molar-refractivity contribution in [2.45, 2.75) is 52.5 Å². The molecule has 0 spiro atoms. The number of rotatable bonds is 5. The summed E-state index contributed by atoms with van der Waals surface area (Å²) in [5, 5.41) is 3.59. The lowest BCUT2D eigenvalue weighted by Crippen LogP contribution is -2.29. The second kappa shape index (κ2) is 7.63. The molecule has 0 aromatic carbocycles. The maximum Gasteiger partial charge on any atom is 0.133 e. The molecule has 1 aliphatic heterocycles. The van der Waals surface area contributed by atoms with E-state index in [0.717, 1.165) is 25.6 Å². The molecule has 0 aliphatic carbocycles. The molecular weight excluding hydrogens is 246 g/mol. The highest BCUT2D eigenvalue weighted by atomic mass is 15.2. The fourth-order valence-corrected chi connectivity index (χ4v) is 2.96. The summed E-state index contributed by atoms with van der Waals surface area (Å²) in [6, 6.07) is 4.66. The summed E-state index contributed by atoms with van der Waals surface area (Å²) >= 11 is 0. The average Bonchev–Trinajstić information content (AvgIpc) is 2.69. The summed E-state index contributed by atoms with van der Waals surface area (Å²) in [5.74, 6) is 2.04. The molecule has 112 valence electrons. The van der Waals surface area contributed by atoms with Gasteiger partial charge in [-0.05, 0) is 51.1 Å². The van der Waals surface area contributed by atoms with Gasteiger partial charge in [-0.3, -0.25) is 0 Å². The lowest BCUT2D eigenvalue weighted by Gasteiger charge is -2.26. The number of nitrogens with zero attached hydrogens (tertiary/aromatic N) is 2. The second-order valence-electron chi connectivity index (χ2n) is 6.12. The van der Waals surface area contributed by atoms with E-state index >= 15 is 0 Å². The molecule has 0 amide bonds. The van der Waals surface area contributed by atoms with Crippen molar-refractivity contribution in [2.24, 2.45) is 5.92 Å². The Morgan fingerprint density at radius 1 is 1.40 bits per heavy atom. The van der Waals surface area contributed by atoms with Crippen LogP contribution in [0.5, 0.6) is 0 Å². The van der Waals surface area contributed by atoms with Crippen LogP contribution >= 0.6 is 0 Å². The van der Waals surface area contributed by atoms with Gasteiger partial charge in [0.2, 0.25) is 0 Å². The molecule has 2 atom stereocenters. The number of hydrogen-bond donors (Lipinski definition) is 1. The molecule has 2 unspecified atom stereocenters. The molecule has 1 fully saturated rings. The predicted molar refractivity (Wildman–Crippen MR) is 86.2 cm³/mol. The summed E-state index contributed by atoms with van der Waals surface area (Å²) in [6.45, 7) is 10.2. The zero-order chi connectivity index (χ0) is 14.4. The van der Waals surface area contributed by atoms with Gasteiger partial charge in [0.05, 0.1) is 0 Å². The quantitative estimate of drug-likeness (QED) is 0.886. The first kappa shape index (κ1) is 15.3. The van der Waals surface area contributed by atoms with Crippen LogP contribution < -0.4 is 10.2 Å². The zero-order valence-electron chi connectivity index (χ0n) is 13.2. The van der Waals surface area contributed by atoms with E-state index in [2.05, 4.69) is 48.1 Å². The maximum atomic E-state index is 4.68. The molecule has 0 radical (unpaired) electrons. The molecule has 1 N–H and O–H groups in total. The van der Waals surface area contributed by atoms with E-state index in [0.29, 0.717) is 6.04 Å². The predicted octanol–water partition coefficient (Wildman–Crippen LogP) is 3.77. The molecule has 2 heterocycles. The van der Waals surface area contributed by atoms with Crippen molar-refractivity contribution in [3.63, 3.8) is 0 Å². The van der Waals surface area contributed by atoms with Crippen molar-refractivity contribution in [2.75, 3.05) is 24.5 Å². The Morgan fingerprint density at radius 3 is 3.05 bits per heavy atom. The van der Waals surface area contributed by atoms with Crippen molar-refractivity contribution in [1.82, 2.24) is 10.3 Å². The minimum absolute atomic E-state index is 0.374. The summed E-state index contributed by atoms with van der Waals surface area (Å²) < 4.78 is 0. The van der Waals surface area contributed by atoms with Gasteiger partial charge in [0, 0.05) is 30.9 Å². The third-order valence-corrected chi connectivity index (χ3v) is 4.30. The van der Waals surface area contributed by atoms with Crippen LogP contribution in [0.4, 0.5) is 5.82 Å². The fourth-order valence-electron chi connectivity index (χ4n) is 2.96. The lowest BCUT2D eigenvalue weighted by molar-refractivity contribution is 0.520. The number of hydrogen-bond acceptors (Lipinski definition) is 3. The van der Waals surface area contributed by atoms with Gasteiger partial charge >= 0.3 is 0 Å². The SMILES string of the molecule is CCCNC(C)c1cccnc1N1CCCC(C)CC1. The Bertz CT molecular complexity index is 405. The molecular formula is C17H29N3. The van der Waals surface area contributed by atoms with Crippen LogP contribution in [-0.4, -0.2) is 24.6 Å². The van der Waals surface area contributed by atoms with Gasteiger partial charge in [-0.1, -0.05) is 19.9 Å². The molecule has 0 saturated carbocycles. The van der Waals surface area contributed by atoms with E-state index in [1.807, 2.05) is 6.20 Å². The Morgan fingerprint density at radius 2 is 2.25 bits per heavy atom. The second-order valence-corrected chi connectivity index (χ2v) is 6.12. The number of nitrogens with one attached hydrogen (secondary N) is 1. The number of anilines is 1. The number of aromatic nitrogens is 1. The van der Waals surface area contributed by atoms with Crippen LogP contribution in [0, 0.1) is 5.92 Å². The molecule has 1 aromatic heterocycles. The van der Waals surface area contributed by atoms with Crippen molar-refractivity contribution < 1.29 is 0 Å². The fraction of sp³-hybridized carbons (Fsp3) is 0.706. The van der Waals surface area contributed by atoms with Gasteiger partial charge in [0.25, 0.3) is 0 Å². The number of pyridine rings is 1. The monoisotopic (exact) mass is 275 g/mol. The normalized spacial score (nSPS) is 21.6. The third-order valence-electron chi connectivity index (χ3n) is 4.30. The van der Waals surface area contributed by atoms with E-state index in [4.69, 9.17) is 0 Å². The van der Waals surface area contributed by atoms with E-state index in [1.54, 1.807) is 0 Å². The van der Waals surface area contributed by atoms with Gasteiger partial charge in [0.15, 0.2) is 0 Å². The van der Waals surface area contributed by atoms with Gasteiger partial charge in [0.1, 0.15) is 5.82 Å². The summed E-state index contributed by atoms with van der Waals surface area (Å²) in [5.41, 5.74) is 1.34. The standard InChI is InChI=1S/C17H29N3/c1-4-10-18-15(3)16-8-5-11-19-17(16)20-12-6-7-14(2)9-13-20/h5,8,11,14-15,18H,4,6-7,9-10,12-13H2,1-3H3. The van der Waals surface area contributed by atoms with Crippen molar-refractivity contribution in [3.05, 3.63) is 23.9 Å². The summed E-state index contributed by atoms with van der Waals surface area (Å²) in [4.78, 5) is 7.17. The minimum Gasteiger partial charge on any atom is -0.356 e. The Hall–Kier alpha value is -1.09. The summed E-state index contributed by atoms with van der Waals surface area (Å²) in [7, 11) is 0. The maximum absolute atomic E-state index is 4.68. The minimum atomic E-state index is 0.374. The Labute approximate surface area is 123 Å². The van der Waals surface area contributed by atoms with Crippen molar-refractivity contribution >= 4 is 5.82 Å². The molecule has 3 heteroatoms. The van der Waals surface area contributed by atoms with Crippen LogP contribution in [0.1, 0.15) is 58.1 Å². The average molecular weight is 275 g/mol. The largest absolute Gasteiger partial charge is 0.356 e. The molecule has 3 nitrogen and oxygen atoms in total. The van der Waals surface area contributed by atoms with E-state index in [9.17, 15) is 0 Å². The van der Waals surface area contributed by atoms with Crippen molar-refractivity contribution in [3.8, 4) is 0 Å². The first-order valence-corrected chi connectivity index (χ1v) is 8.15. The molecule has 1 saturated heterocycles. The molecule has 0 bridgehead atoms. The molecule has 20 heavy (non-hydrogen) atoms. The van der Waals surface area contributed by atoms with Crippen LogP contribution in [0.25, 0.3) is 0 Å². The first-order valence-electron chi connectivity index (χ1n) is 8.15. The van der Waals surface area contributed by atoms with E-state index < -0.39 is 0 Å². The highest BCUT2D eigenvalue weighted by Gasteiger charge is 2.19. The van der Waals surface area contributed by atoms with Crippen LogP contribution in [0.3, 0.4) is 0 Å². The van der Waals surface area contributed by atoms with Crippen LogP contribution in [0.2, 0.25) is 0 Å². The Kier molecular flexibility index (Phi) is 5.84.